The number of hydrogen-bond acceptors (Lipinski definition) is 2. The van der Waals surface area contributed by atoms with Crippen LogP contribution in [0.5, 0.6) is 0 Å². The Balaban J connectivity index is 2.13. The third-order valence-corrected chi connectivity index (χ3v) is 2.36. The minimum atomic E-state index is -0.657. The molecule has 0 aliphatic carbocycles. The van der Waals surface area contributed by atoms with E-state index in [-0.39, 0.29) is 11.8 Å². The van der Waals surface area contributed by atoms with Crippen LogP contribution in [0.15, 0.2) is 30.3 Å². The Labute approximate surface area is 76.4 Å². The number of aliphatic hydroxyl groups is 1. The van der Waals surface area contributed by atoms with Gasteiger partial charge in [0.1, 0.15) is 0 Å². The molecule has 3 nitrogen and oxygen atoms in total. The molecule has 1 aliphatic rings. The minimum Gasteiger partial charge on any atom is -0.388 e. The van der Waals surface area contributed by atoms with Gasteiger partial charge in [-0.05, 0) is 5.56 Å². The molecule has 0 unspecified atom stereocenters. The van der Waals surface area contributed by atoms with Crippen molar-refractivity contribution < 1.29 is 9.90 Å². The zero-order valence-electron chi connectivity index (χ0n) is 7.10. The molecule has 0 radical (unpaired) electrons. The topological polar surface area (TPSA) is 49.3 Å². The van der Waals surface area contributed by atoms with Crippen LogP contribution in [0, 0.1) is 5.92 Å². The molecule has 2 rings (SSSR count). The van der Waals surface area contributed by atoms with E-state index >= 15 is 0 Å². The lowest BCUT2D eigenvalue weighted by molar-refractivity contribution is -0.136. The average Bonchev–Trinajstić information content (AvgIpc) is 2.17. The molecule has 0 saturated carbocycles. The van der Waals surface area contributed by atoms with Crippen molar-refractivity contribution in [3.63, 3.8) is 0 Å². The zero-order valence-corrected chi connectivity index (χ0v) is 7.10. The smallest absolute Gasteiger partial charge is 0.227 e. The van der Waals surface area contributed by atoms with Gasteiger partial charge in [-0.3, -0.25) is 4.79 Å². The van der Waals surface area contributed by atoms with Crippen molar-refractivity contribution in [3.05, 3.63) is 35.9 Å². The van der Waals surface area contributed by atoms with Gasteiger partial charge in [0.2, 0.25) is 5.91 Å². The van der Waals surface area contributed by atoms with Crippen LogP contribution in [0.4, 0.5) is 0 Å². The summed E-state index contributed by atoms with van der Waals surface area (Å²) >= 11 is 0. The van der Waals surface area contributed by atoms with Crippen molar-refractivity contribution >= 4 is 5.91 Å². The van der Waals surface area contributed by atoms with Crippen molar-refractivity contribution in [1.82, 2.24) is 5.32 Å². The minimum absolute atomic E-state index is 0.0589. The molecule has 1 aromatic rings. The summed E-state index contributed by atoms with van der Waals surface area (Å²) in [4.78, 5) is 11.0. The van der Waals surface area contributed by atoms with Crippen LogP contribution in [0.3, 0.4) is 0 Å². The highest BCUT2D eigenvalue weighted by Gasteiger charge is 2.34. The Morgan fingerprint density at radius 2 is 2.08 bits per heavy atom. The number of rotatable bonds is 2. The second-order valence-electron chi connectivity index (χ2n) is 3.21. The molecule has 68 valence electrons. The predicted octanol–water partition coefficient (Wildman–Crippen LogP) is 0.466. The summed E-state index contributed by atoms with van der Waals surface area (Å²) in [5.41, 5.74) is 0.808. The van der Waals surface area contributed by atoms with E-state index in [0.717, 1.165) is 5.56 Å². The number of hydrogen-bond donors (Lipinski definition) is 2. The van der Waals surface area contributed by atoms with Crippen LogP contribution < -0.4 is 5.32 Å². The first-order valence-electron chi connectivity index (χ1n) is 4.30. The Bertz CT molecular complexity index is 310. The molecular formula is C10H11NO2. The Morgan fingerprint density at radius 1 is 1.38 bits per heavy atom. The van der Waals surface area contributed by atoms with Gasteiger partial charge < -0.3 is 10.4 Å². The fourth-order valence-corrected chi connectivity index (χ4v) is 1.44. The van der Waals surface area contributed by atoms with Gasteiger partial charge in [-0.25, -0.2) is 0 Å². The van der Waals surface area contributed by atoms with Gasteiger partial charge in [-0.2, -0.15) is 0 Å². The lowest BCUT2D eigenvalue weighted by Gasteiger charge is -2.30. The van der Waals surface area contributed by atoms with Gasteiger partial charge in [0, 0.05) is 6.54 Å². The molecule has 2 atom stereocenters. The summed E-state index contributed by atoms with van der Waals surface area (Å²) in [6.07, 6.45) is -0.657. The normalized spacial score (nSPS) is 23.2. The first-order chi connectivity index (χ1) is 6.29. The Morgan fingerprint density at radius 3 is 2.54 bits per heavy atom. The second-order valence-corrected chi connectivity index (χ2v) is 3.21. The SMILES string of the molecule is O=C1NC[C@@H]1[C@H](O)c1ccccc1. The number of benzene rings is 1. The number of nitrogens with one attached hydrogen (secondary N) is 1. The fourth-order valence-electron chi connectivity index (χ4n) is 1.44. The molecule has 0 bridgehead atoms. The first-order valence-corrected chi connectivity index (χ1v) is 4.30. The maximum atomic E-state index is 11.0. The van der Waals surface area contributed by atoms with E-state index in [1.54, 1.807) is 0 Å². The number of β-lactam (4-membered cyclic amide) rings is 1. The third-order valence-electron chi connectivity index (χ3n) is 2.36. The highest BCUT2D eigenvalue weighted by molar-refractivity contribution is 5.85. The van der Waals surface area contributed by atoms with E-state index < -0.39 is 6.10 Å². The zero-order chi connectivity index (χ0) is 9.26. The summed E-state index contributed by atoms with van der Waals surface area (Å²) in [7, 11) is 0. The van der Waals surface area contributed by atoms with Crippen molar-refractivity contribution in [1.29, 1.82) is 0 Å². The van der Waals surface area contributed by atoms with E-state index in [0.29, 0.717) is 6.54 Å². The second kappa shape index (κ2) is 3.18. The van der Waals surface area contributed by atoms with Crippen molar-refractivity contribution in [2.45, 2.75) is 6.10 Å². The average molecular weight is 177 g/mol. The summed E-state index contributed by atoms with van der Waals surface area (Å²) in [5.74, 6) is -0.321. The number of amides is 1. The standard InChI is InChI=1S/C10H11NO2/c12-9(8-6-11-10(8)13)7-4-2-1-3-5-7/h1-5,8-9,12H,6H2,(H,11,13)/t8-,9-/m1/s1. The number of carbonyl (C=O) groups excluding carboxylic acids is 1. The van der Waals surface area contributed by atoms with E-state index in [2.05, 4.69) is 5.32 Å². The molecular weight excluding hydrogens is 166 g/mol. The summed E-state index contributed by atoms with van der Waals surface area (Å²) in [6, 6.07) is 9.26. The quantitative estimate of drug-likeness (QED) is 0.645. The highest BCUT2D eigenvalue weighted by Crippen LogP contribution is 2.25. The number of carbonyl (C=O) groups is 1. The lowest BCUT2D eigenvalue weighted by Crippen LogP contribution is -2.51. The monoisotopic (exact) mass is 177 g/mol. The summed E-state index contributed by atoms with van der Waals surface area (Å²) < 4.78 is 0. The summed E-state index contributed by atoms with van der Waals surface area (Å²) in [6.45, 7) is 0.578. The molecule has 1 aromatic carbocycles. The van der Waals surface area contributed by atoms with E-state index in [9.17, 15) is 9.90 Å². The largest absolute Gasteiger partial charge is 0.388 e. The van der Waals surface area contributed by atoms with Crippen LogP contribution in [0.1, 0.15) is 11.7 Å². The van der Waals surface area contributed by atoms with Crippen molar-refractivity contribution in [3.8, 4) is 0 Å². The van der Waals surface area contributed by atoms with Gasteiger partial charge in [0.05, 0.1) is 12.0 Å². The highest BCUT2D eigenvalue weighted by atomic mass is 16.3. The molecule has 2 N–H and O–H groups in total. The van der Waals surface area contributed by atoms with Crippen LogP contribution >= 0.6 is 0 Å². The molecule has 1 heterocycles. The van der Waals surface area contributed by atoms with Crippen LogP contribution in [0.25, 0.3) is 0 Å². The Hall–Kier alpha value is -1.35. The van der Waals surface area contributed by atoms with E-state index in [1.165, 1.54) is 0 Å². The molecule has 1 fully saturated rings. The fraction of sp³-hybridized carbons (Fsp3) is 0.300. The maximum Gasteiger partial charge on any atom is 0.227 e. The molecule has 0 spiro atoms. The van der Waals surface area contributed by atoms with Crippen molar-refractivity contribution in [2.24, 2.45) is 5.92 Å². The van der Waals surface area contributed by atoms with Gasteiger partial charge in [0.25, 0.3) is 0 Å². The summed E-state index contributed by atoms with van der Waals surface area (Å²) in [5, 5.41) is 12.4. The van der Waals surface area contributed by atoms with Gasteiger partial charge >= 0.3 is 0 Å². The molecule has 13 heavy (non-hydrogen) atoms. The molecule has 0 aromatic heterocycles. The Kier molecular flexibility index (Phi) is 2.02. The van der Waals surface area contributed by atoms with Gasteiger partial charge in [-0.1, -0.05) is 30.3 Å². The van der Waals surface area contributed by atoms with E-state index in [1.807, 2.05) is 30.3 Å². The number of aliphatic hydroxyl groups excluding tert-OH is 1. The maximum absolute atomic E-state index is 11.0. The van der Waals surface area contributed by atoms with Gasteiger partial charge in [0.15, 0.2) is 0 Å². The van der Waals surface area contributed by atoms with Gasteiger partial charge in [-0.15, -0.1) is 0 Å². The van der Waals surface area contributed by atoms with Crippen molar-refractivity contribution in [2.75, 3.05) is 6.54 Å². The van der Waals surface area contributed by atoms with Crippen LogP contribution in [-0.4, -0.2) is 17.6 Å². The first kappa shape index (κ1) is 8.26. The van der Waals surface area contributed by atoms with Crippen LogP contribution in [0.2, 0.25) is 0 Å². The predicted molar refractivity (Wildman–Crippen MR) is 47.9 cm³/mol. The van der Waals surface area contributed by atoms with Crippen LogP contribution in [-0.2, 0) is 4.79 Å². The molecule has 3 heteroatoms. The molecule has 1 amide bonds. The molecule has 1 aliphatic heterocycles. The molecule has 1 saturated heterocycles. The van der Waals surface area contributed by atoms with E-state index in [4.69, 9.17) is 0 Å². The lowest BCUT2D eigenvalue weighted by atomic mass is 9.90. The third kappa shape index (κ3) is 1.42.